The van der Waals surface area contributed by atoms with Gasteiger partial charge in [-0.05, 0) is 94.2 Å². The number of benzene rings is 9. The van der Waals surface area contributed by atoms with Crippen LogP contribution < -0.4 is 9.08 Å². The third-order valence-corrected chi connectivity index (χ3v) is 15.5. The number of hydrogen-bond acceptors (Lipinski definition) is 6. The van der Waals surface area contributed by atoms with Crippen molar-refractivity contribution in [1.82, 2.24) is 4.57 Å². The largest absolute Gasteiger partial charge is 0.534 e. The van der Waals surface area contributed by atoms with Crippen molar-refractivity contribution in [2.45, 2.75) is 21.6 Å². The van der Waals surface area contributed by atoms with E-state index < -0.39 is 21.4 Å². The summed E-state index contributed by atoms with van der Waals surface area (Å²) >= 11 is 1.78. The van der Waals surface area contributed by atoms with E-state index in [1.807, 2.05) is 114 Å². The summed E-state index contributed by atoms with van der Waals surface area (Å²) in [6.45, 7) is 0. The zero-order chi connectivity index (χ0) is 45.9. The molecule has 6 nitrogen and oxygen atoms in total. The lowest BCUT2D eigenvalue weighted by Crippen LogP contribution is -2.28. The van der Waals surface area contributed by atoms with Gasteiger partial charge in [-0.2, -0.15) is 21.6 Å². The van der Waals surface area contributed by atoms with Gasteiger partial charge in [0.25, 0.3) is 0 Å². The number of allylic oxidation sites excluding steroid dienone is 3. The van der Waals surface area contributed by atoms with Crippen LogP contribution in [0.4, 0.5) is 30.2 Å². The Bertz CT molecular complexity index is 4070. The van der Waals surface area contributed by atoms with Crippen molar-refractivity contribution in [3.8, 4) is 22.6 Å². The van der Waals surface area contributed by atoms with Crippen LogP contribution in [0.5, 0.6) is 5.75 Å². The smallest absolute Gasteiger partial charge is 0.453 e. The van der Waals surface area contributed by atoms with Crippen molar-refractivity contribution in [3.63, 3.8) is 0 Å². The molecule has 1 aliphatic carbocycles. The van der Waals surface area contributed by atoms with Crippen LogP contribution in [0.15, 0.2) is 210 Å². The lowest BCUT2D eigenvalue weighted by molar-refractivity contribution is -0.0500. The Morgan fingerprint density at radius 1 is 0.574 bits per heavy atom. The molecule has 11 aromatic rings. The van der Waals surface area contributed by atoms with Gasteiger partial charge < -0.3 is 18.1 Å². The normalized spacial score (nSPS) is 15.8. The lowest BCUT2D eigenvalue weighted by Gasteiger charge is -2.27. The summed E-state index contributed by atoms with van der Waals surface area (Å²) in [4.78, 5) is 3.02. The maximum Gasteiger partial charge on any atom is 0.534 e. The molecule has 0 saturated carbocycles. The van der Waals surface area contributed by atoms with Crippen LogP contribution in [0.1, 0.15) is 11.5 Å². The molecule has 2 atom stereocenters. The Balaban J connectivity index is 1.11. The van der Waals surface area contributed by atoms with Gasteiger partial charge in [-0.1, -0.05) is 127 Å². The molecule has 11 heteroatoms. The maximum absolute atomic E-state index is 14.2. The minimum atomic E-state index is -6.08. The summed E-state index contributed by atoms with van der Waals surface area (Å²) in [5.41, 5.74) is 2.88. The number of nitrogens with zero attached hydrogens (tertiary/aromatic N) is 2. The van der Waals surface area contributed by atoms with E-state index in [0.29, 0.717) is 39.0 Å². The van der Waals surface area contributed by atoms with Gasteiger partial charge in [-0.25, -0.2) is 0 Å². The zero-order valence-corrected chi connectivity index (χ0v) is 37.3. The number of rotatable bonds is 7. The minimum Gasteiger partial charge on any atom is -0.453 e. The topological polar surface area (TPSA) is 64.7 Å². The fourth-order valence-electron chi connectivity index (χ4n) is 10.3. The Labute approximate surface area is 391 Å². The second-order valence-corrected chi connectivity index (χ2v) is 19.8. The first-order valence-corrected chi connectivity index (χ1v) is 24.3. The van der Waals surface area contributed by atoms with E-state index in [-0.39, 0.29) is 11.2 Å². The highest BCUT2D eigenvalue weighted by atomic mass is 32.2. The molecular weight excluding hydrogens is 898 g/mol. The van der Waals surface area contributed by atoms with Crippen LogP contribution in [0.3, 0.4) is 0 Å². The van der Waals surface area contributed by atoms with Crippen molar-refractivity contribution >= 4 is 104 Å². The Kier molecular flexibility index (Phi) is 9.03. The lowest BCUT2D eigenvalue weighted by atomic mass is 9.90. The van der Waals surface area contributed by atoms with Gasteiger partial charge in [0.1, 0.15) is 11.3 Å². The van der Waals surface area contributed by atoms with Gasteiger partial charge in [0.15, 0.2) is 5.58 Å². The van der Waals surface area contributed by atoms with Gasteiger partial charge in [0.05, 0.1) is 16.7 Å². The molecule has 9 aromatic carbocycles. The predicted octanol–water partition coefficient (Wildman–Crippen LogP) is 16.0. The zero-order valence-electron chi connectivity index (χ0n) is 35.7. The summed E-state index contributed by atoms with van der Waals surface area (Å²) in [6.07, 6.45) is 8.46. The summed E-state index contributed by atoms with van der Waals surface area (Å²) in [5, 5.41) is 6.99. The number of aromatic nitrogens is 1. The number of hydrogen-bond donors (Lipinski definition) is 0. The number of anilines is 3. The van der Waals surface area contributed by atoms with Crippen LogP contribution >= 0.6 is 11.8 Å². The highest BCUT2D eigenvalue weighted by Crippen LogP contribution is 2.53. The minimum absolute atomic E-state index is 0.116. The molecule has 0 saturated heterocycles. The van der Waals surface area contributed by atoms with Crippen LogP contribution in [-0.4, -0.2) is 23.7 Å². The Hall–Kier alpha value is -7.73. The van der Waals surface area contributed by atoms with Crippen LogP contribution in [-0.2, 0) is 10.1 Å². The molecule has 3 heterocycles. The maximum atomic E-state index is 14.2. The van der Waals surface area contributed by atoms with E-state index in [1.54, 1.807) is 11.8 Å². The summed E-state index contributed by atoms with van der Waals surface area (Å²) in [6, 6.07) is 57.4. The van der Waals surface area contributed by atoms with Gasteiger partial charge in [0, 0.05) is 71.5 Å². The fraction of sp³-hybridized carbons (Fsp3) is 0.0526. The molecular formula is C57H35F3N2O4S2. The summed E-state index contributed by atoms with van der Waals surface area (Å²) in [7, 11) is -6.08. The first-order chi connectivity index (χ1) is 33.1. The molecule has 330 valence electrons. The standard InChI is InChI=1S/C57H35F3N2O4S2/c58-57(59,60)68(63,64)66-37-30-48-49-33-45(44-32-47-40-21-11-13-25-50(40)62(35-17-5-2-6-18-35)54(47)42-23-9-7-19-38(42)44)39-20-8-10-24-43(39)55(49)65-56(48)51(31-37)61(34-15-3-1-4-16-34)36-27-28-53-46(29-36)41-22-12-14-26-52(41)67-53/h1-33,41,52H. The number of fused-ring (bicyclic) bond motifs is 13. The van der Waals surface area contributed by atoms with Gasteiger partial charge in [-0.15, -0.1) is 11.8 Å². The molecule has 2 unspecified atom stereocenters. The molecule has 0 N–H and O–H groups in total. The monoisotopic (exact) mass is 932 g/mol. The number of furan rings is 1. The van der Waals surface area contributed by atoms with E-state index in [0.717, 1.165) is 70.6 Å². The fourth-order valence-corrected chi connectivity index (χ4v) is 12.1. The van der Waals surface area contributed by atoms with Crippen LogP contribution in [0.25, 0.3) is 82.1 Å². The first kappa shape index (κ1) is 40.5. The quantitative estimate of drug-likeness (QED) is 0.117. The molecule has 2 aliphatic rings. The summed E-state index contributed by atoms with van der Waals surface area (Å²) < 4.78 is 82.6. The average molecular weight is 933 g/mol. The van der Waals surface area contributed by atoms with Crippen LogP contribution in [0.2, 0.25) is 0 Å². The first-order valence-electron chi connectivity index (χ1n) is 22.1. The number of halogens is 3. The summed E-state index contributed by atoms with van der Waals surface area (Å²) in [5.74, 6) is -0.397. The van der Waals surface area contributed by atoms with E-state index in [1.165, 1.54) is 12.1 Å². The van der Waals surface area contributed by atoms with Crippen molar-refractivity contribution in [1.29, 1.82) is 0 Å². The van der Waals surface area contributed by atoms with E-state index in [4.69, 9.17) is 8.60 Å². The third-order valence-electron chi connectivity index (χ3n) is 13.2. The molecule has 2 aromatic heterocycles. The molecule has 0 amide bonds. The highest BCUT2D eigenvalue weighted by molar-refractivity contribution is 8.00. The molecule has 13 rings (SSSR count). The van der Waals surface area contributed by atoms with Crippen molar-refractivity contribution < 1.29 is 30.2 Å². The van der Waals surface area contributed by atoms with E-state index in [9.17, 15) is 21.6 Å². The molecule has 0 bridgehead atoms. The van der Waals surface area contributed by atoms with Crippen molar-refractivity contribution in [2.24, 2.45) is 0 Å². The predicted molar refractivity (Wildman–Crippen MR) is 269 cm³/mol. The third kappa shape index (κ3) is 6.22. The van der Waals surface area contributed by atoms with Crippen LogP contribution in [0, 0.1) is 0 Å². The average Bonchev–Trinajstić information content (AvgIpc) is 4.03. The molecule has 0 spiro atoms. The second-order valence-electron chi connectivity index (χ2n) is 17.1. The van der Waals surface area contributed by atoms with Crippen molar-refractivity contribution in [2.75, 3.05) is 4.90 Å². The van der Waals surface area contributed by atoms with E-state index in [2.05, 4.69) is 83.5 Å². The Morgan fingerprint density at radius 3 is 1.94 bits per heavy atom. The SMILES string of the molecule is O=S(=O)(Oc1cc(N(c2ccccc2)c2ccc3c(c2)C2C=CC=CC2S3)c2oc3c4ccccc4c(-c4cc5c6ccccc6n(-c6ccccc6)c5c5ccccc45)cc3c2c1)C(F)(F)F. The Morgan fingerprint density at radius 2 is 1.19 bits per heavy atom. The second kappa shape index (κ2) is 15.1. The molecule has 68 heavy (non-hydrogen) atoms. The highest BCUT2D eigenvalue weighted by Gasteiger charge is 2.49. The molecule has 1 aliphatic heterocycles. The van der Waals surface area contributed by atoms with Crippen molar-refractivity contribution in [3.05, 3.63) is 206 Å². The molecule has 0 radical (unpaired) electrons. The van der Waals surface area contributed by atoms with Gasteiger partial charge in [-0.3, -0.25) is 0 Å². The number of para-hydroxylation sites is 3. The molecule has 0 fully saturated rings. The van der Waals surface area contributed by atoms with E-state index >= 15 is 0 Å². The van der Waals surface area contributed by atoms with Gasteiger partial charge >= 0.3 is 15.6 Å². The number of alkyl halides is 3. The van der Waals surface area contributed by atoms with Gasteiger partial charge in [0.2, 0.25) is 0 Å². The number of thioether (sulfide) groups is 1.